The van der Waals surface area contributed by atoms with Gasteiger partial charge in [-0.3, -0.25) is 0 Å². The van der Waals surface area contributed by atoms with E-state index >= 15 is 0 Å². The second-order valence-electron chi connectivity index (χ2n) is 4.64. The Kier molecular flexibility index (Phi) is 1.98. The highest BCUT2D eigenvalue weighted by atomic mass is 16.3. The first-order valence-electron chi connectivity index (χ1n) is 5.60. The van der Waals surface area contributed by atoms with Gasteiger partial charge in [0, 0.05) is 30.3 Å². The molecule has 1 aromatic carbocycles. The minimum absolute atomic E-state index is 0.245. The number of aromatic nitrogens is 1. The molecule has 0 aliphatic heterocycles. The van der Waals surface area contributed by atoms with Crippen LogP contribution in [0.25, 0.3) is 10.9 Å². The van der Waals surface area contributed by atoms with Crippen LogP contribution in [0.4, 0.5) is 0 Å². The first-order valence-corrected chi connectivity index (χ1v) is 5.60. The summed E-state index contributed by atoms with van der Waals surface area (Å²) in [6.45, 7) is 0.245. The zero-order valence-electron chi connectivity index (χ0n) is 9.27. The average molecular weight is 217 g/mol. The lowest BCUT2D eigenvalue weighted by molar-refractivity contribution is 0.231. The highest BCUT2D eigenvalue weighted by molar-refractivity contribution is 5.87. The van der Waals surface area contributed by atoms with Crippen molar-refractivity contribution in [1.82, 2.24) is 4.57 Å². The van der Waals surface area contributed by atoms with Crippen LogP contribution < -0.4 is 0 Å². The largest absolute Gasteiger partial charge is 0.508 e. The van der Waals surface area contributed by atoms with Gasteiger partial charge < -0.3 is 14.8 Å². The van der Waals surface area contributed by atoms with E-state index in [4.69, 9.17) is 0 Å². The molecule has 1 aliphatic carbocycles. The Morgan fingerprint density at radius 2 is 2.19 bits per heavy atom. The molecule has 1 atom stereocenters. The molecule has 84 valence electrons. The number of aryl methyl sites for hydroxylation is 1. The number of fused-ring (bicyclic) bond motifs is 3. The third-order valence-electron chi connectivity index (χ3n) is 3.65. The summed E-state index contributed by atoms with van der Waals surface area (Å²) in [4.78, 5) is 0. The van der Waals surface area contributed by atoms with Crippen molar-refractivity contribution in [1.29, 1.82) is 0 Å². The van der Waals surface area contributed by atoms with Gasteiger partial charge in [0.1, 0.15) is 5.75 Å². The molecule has 3 rings (SSSR count). The van der Waals surface area contributed by atoms with E-state index in [9.17, 15) is 10.2 Å². The fourth-order valence-corrected chi connectivity index (χ4v) is 2.81. The Morgan fingerprint density at radius 3 is 2.94 bits per heavy atom. The summed E-state index contributed by atoms with van der Waals surface area (Å²) in [6, 6.07) is 5.51. The number of phenols is 1. The van der Waals surface area contributed by atoms with Crippen LogP contribution in [0.2, 0.25) is 0 Å². The molecular formula is C13H15NO2. The molecule has 0 bridgehead atoms. The molecule has 3 heteroatoms. The van der Waals surface area contributed by atoms with Crippen LogP contribution in [0.1, 0.15) is 11.3 Å². The minimum Gasteiger partial charge on any atom is -0.508 e. The molecule has 2 N–H and O–H groups in total. The average Bonchev–Trinajstić information content (AvgIpc) is 2.80. The van der Waals surface area contributed by atoms with Crippen molar-refractivity contribution in [3.05, 3.63) is 29.5 Å². The fraction of sp³-hybridized carbons (Fsp3) is 0.385. The molecule has 0 amide bonds. The number of rotatable bonds is 1. The van der Waals surface area contributed by atoms with E-state index in [1.165, 1.54) is 16.8 Å². The van der Waals surface area contributed by atoms with Crippen LogP contribution in [0.15, 0.2) is 18.2 Å². The first kappa shape index (κ1) is 9.73. The van der Waals surface area contributed by atoms with Crippen molar-refractivity contribution in [3.8, 4) is 5.75 Å². The SMILES string of the molecule is Cn1c2c(c3cc(O)ccc31)CC(CO)C2. The summed E-state index contributed by atoms with van der Waals surface area (Å²) in [5.74, 6) is 0.663. The Balaban J connectivity index is 2.24. The number of benzene rings is 1. The van der Waals surface area contributed by atoms with Gasteiger partial charge in [0.05, 0.1) is 0 Å². The second-order valence-corrected chi connectivity index (χ2v) is 4.64. The highest BCUT2D eigenvalue weighted by Crippen LogP contribution is 2.36. The Bertz CT molecular complexity index is 557. The topological polar surface area (TPSA) is 45.4 Å². The lowest BCUT2D eigenvalue weighted by Gasteiger charge is -2.06. The van der Waals surface area contributed by atoms with E-state index in [1.807, 2.05) is 12.1 Å². The van der Waals surface area contributed by atoms with Crippen LogP contribution in [0.3, 0.4) is 0 Å². The lowest BCUT2D eigenvalue weighted by Crippen LogP contribution is -2.06. The van der Waals surface area contributed by atoms with E-state index in [0.717, 1.165) is 18.2 Å². The van der Waals surface area contributed by atoms with Crippen LogP contribution in [-0.2, 0) is 19.9 Å². The number of nitrogens with zero attached hydrogens (tertiary/aromatic N) is 1. The molecule has 3 nitrogen and oxygen atoms in total. The zero-order chi connectivity index (χ0) is 11.3. The molecule has 1 unspecified atom stereocenters. The maximum atomic E-state index is 9.54. The van der Waals surface area contributed by atoms with Gasteiger partial charge in [-0.1, -0.05) is 0 Å². The van der Waals surface area contributed by atoms with Crippen LogP contribution in [0, 0.1) is 5.92 Å². The molecule has 16 heavy (non-hydrogen) atoms. The number of hydrogen-bond donors (Lipinski definition) is 2. The van der Waals surface area contributed by atoms with E-state index < -0.39 is 0 Å². The maximum Gasteiger partial charge on any atom is 0.116 e. The molecule has 2 aromatic rings. The standard InChI is InChI=1S/C13H15NO2/c1-14-12-3-2-9(16)6-11(12)10-4-8(7-15)5-13(10)14/h2-3,6,8,15-16H,4-5,7H2,1H3. The number of hydrogen-bond acceptors (Lipinski definition) is 2. The number of aliphatic hydroxyl groups is 1. The third-order valence-corrected chi connectivity index (χ3v) is 3.65. The molecular weight excluding hydrogens is 202 g/mol. The lowest BCUT2D eigenvalue weighted by atomic mass is 10.1. The third kappa shape index (κ3) is 1.18. The Morgan fingerprint density at radius 1 is 1.38 bits per heavy atom. The van der Waals surface area contributed by atoms with Gasteiger partial charge >= 0.3 is 0 Å². The Hall–Kier alpha value is -1.48. The van der Waals surface area contributed by atoms with Crippen molar-refractivity contribution < 1.29 is 10.2 Å². The van der Waals surface area contributed by atoms with Crippen molar-refractivity contribution in [2.75, 3.05) is 6.61 Å². The molecule has 1 aromatic heterocycles. The van der Waals surface area contributed by atoms with E-state index in [1.54, 1.807) is 6.07 Å². The van der Waals surface area contributed by atoms with E-state index in [2.05, 4.69) is 11.6 Å². The van der Waals surface area contributed by atoms with Gasteiger partial charge in [-0.05, 0) is 42.5 Å². The Labute approximate surface area is 93.9 Å². The molecule has 0 spiro atoms. The van der Waals surface area contributed by atoms with Crippen molar-refractivity contribution >= 4 is 10.9 Å². The molecule has 1 aliphatic rings. The summed E-state index contributed by atoms with van der Waals surface area (Å²) >= 11 is 0. The summed E-state index contributed by atoms with van der Waals surface area (Å²) in [6.07, 6.45) is 1.87. The van der Waals surface area contributed by atoms with Gasteiger partial charge in [-0.2, -0.15) is 0 Å². The van der Waals surface area contributed by atoms with Gasteiger partial charge in [0.25, 0.3) is 0 Å². The number of phenolic OH excluding ortho intramolecular Hbond substituents is 1. The van der Waals surface area contributed by atoms with E-state index in [-0.39, 0.29) is 6.61 Å². The minimum atomic E-state index is 0.245. The van der Waals surface area contributed by atoms with Crippen LogP contribution >= 0.6 is 0 Å². The van der Waals surface area contributed by atoms with Crippen molar-refractivity contribution in [2.45, 2.75) is 12.8 Å². The number of aromatic hydroxyl groups is 1. The predicted octanol–water partition coefficient (Wildman–Crippen LogP) is 1.59. The zero-order valence-corrected chi connectivity index (χ0v) is 9.27. The molecule has 0 saturated carbocycles. The fourth-order valence-electron chi connectivity index (χ4n) is 2.81. The summed E-state index contributed by atoms with van der Waals surface area (Å²) in [5.41, 5.74) is 3.77. The second kappa shape index (κ2) is 3.25. The van der Waals surface area contributed by atoms with Gasteiger partial charge in [-0.15, -0.1) is 0 Å². The van der Waals surface area contributed by atoms with E-state index in [0.29, 0.717) is 11.7 Å². The van der Waals surface area contributed by atoms with Crippen molar-refractivity contribution in [3.63, 3.8) is 0 Å². The smallest absolute Gasteiger partial charge is 0.116 e. The normalized spacial score (nSPS) is 19.2. The van der Waals surface area contributed by atoms with Gasteiger partial charge in [-0.25, -0.2) is 0 Å². The van der Waals surface area contributed by atoms with Crippen molar-refractivity contribution in [2.24, 2.45) is 13.0 Å². The highest BCUT2D eigenvalue weighted by Gasteiger charge is 2.26. The molecule has 0 saturated heterocycles. The molecule has 0 fully saturated rings. The molecule has 0 radical (unpaired) electrons. The quantitative estimate of drug-likeness (QED) is 0.762. The first-order chi connectivity index (χ1) is 7.70. The van der Waals surface area contributed by atoms with Gasteiger partial charge in [0.2, 0.25) is 0 Å². The summed E-state index contributed by atoms with van der Waals surface area (Å²) < 4.78 is 2.18. The summed E-state index contributed by atoms with van der Waals surface area (Å²) in [7, 11) is 2.05. The van der Waals surface area contributed by atoms with Gasteiger partial charge in [0.15, 0.2) is 0 Å². The predicted molar refractivity (Wildman–Crippen MR) is 62.6 cm³/mol. The summed E-state index contributed by atoms with van der Waals surface area (Å²) in [5, 5.41) is 19.9. The van der Waals surface area contributed by atoms with Crippen LogP contribution in [0.5, 0.6) is 5.75 Å². The van der Waals surface area contributed by atoms with Crippen LogP contribution in [-0.4, -0.2) is 21.4 Å². The molecule has 1 heterocycles. The number of aliphatic hydroxyl groups excluding tert-OH is 1. The maximum absolute atomic E-state index is 9.54. The monoisotopic (exact) mass is 217 g/mol.